The molecule has 27 heavy (non-hydrogen) atoms. The summed E-state index contributed by atoms with van der Waals surface area (Å²) in [5.74, 6) is 0.249. The number of aromatic amines is 1. The fourth-order valence-corrected chi connectivity index (χ4v) is 5.14. The Morgan fingerprint density at radius 1 is 1.04 bits per heavy atom. The zero-order chi connectivity index (χ0) is 18.6. The number of nitrogens with zero attached hydrogens (tertiary/aromatic N) is 3. The predicted octanol–water partition coefficient (Wildman–Crippen LogP) is 2.49. The number of H-pyrrole nitrogens is 1. The Bertz CT molecular complexity index is 862. The third-order valence-electron chi connectivity index (χ3n) is 5.38. The SMILES string of the molecule is O=C1CCCN1CC(CN1CCCCC1)Sc1nc2ccccc2c(=O)[nH]1. The van der Waals surface area contributed by atoms with E-state index in [0.717, 1.165) is 44.7 Å². The number of nitrogens with one attached hydrogen (secondary N) is 1. The molecule has 1 aromatic heterocycles. The molecule has 7 heteroatoms. The van der Waals surface area contributed by atoms with Gasteiger partial charge < -0.3 is 14.8 Å². The van der Waals surface area contributed by atoms with Gasteiger partial charge in [0.25, 0.3) is 5.56 Å². The van der Waals surface area contributed by atoms with Crippen molar-refractivity contribution < 1.29 is 4.79 Å². The van der Waals surface area contributed by atoms with Crippen LogP contribution < -0.4 is 5.56 Å². The molecule has 1 N–H and O–H groups in total. The molecule has 1 atom stereocenters. The average molecular weight is 387 g/mol. The second-order valence-electron chi connectivity index (χ2n) is 7.43. The minimum absolute atomic E-state index is 0.0999. The minimum Gasteiger partial charge on any atom is -0.342 e. The first-order valence-electron chi connectivity index (χ1n) is 9.85. The largest absolute Gasteiger partial charge is 0.342 e. The third-order valence-corrected chi connectivity index (χ3v) is 6.42. The Hall–Kier alpha value is -1.86. The lowest BCUT2D eigenvalue weighted by Gasteiger charge is -2.31. The molecule has 2 aliphatic rings. The first kappa shape index (κ1) is 18.5. The van der Waals surface area contributed by atoms with Crippen LogP contribution in [0.3, 0.4) is 0 Å². The maximum absolute atomic E-state index is 12.4. The van der Waals surface area contributed by atoms with Crippen LogP contribution in [0.25, 0.3) is 10.9 Å². The number of hydrogen-bond donors (Lipinski definition) is 1. The topological polar surface area (TPSA) is 69.3 Å². The normalized spacial score (nSPS) is 19.7. The molecule has 1 unspecified atom stereocenters. The van der Waals surface area contributed by atoms with E-state index in [9.17, 15) is 9.59 Å². The molecule has 2 saturated heterocycles. The van der Waals surface area contributed by atoms with Crippen LogP contribution in [-0.4, -0.2) is 63.6 Å². The van der Waals surface area contributed by atoms with Crippen LogP contribution in [0.2, 0.25) is 0 Å². The van der Waals surface area contributed by atoms with E-state index in [1.165, 1.54) is 19.3 Å². The number of likely N-dealkylation sites (tertiary alicyclic amines) is 2. The number of fused-ring (bicyclic) bond motifs is 1. The summed E-state index contributed by atoms with van der Waals surface area (Å²) < 4.78 is 0. The molecule has 2 aliphatic heterocycles. The number of carbonyl (C=O) groups is 1. The van der Waals surface area contributed by atoms with Crippen LogP contribution in [0.1, 0.15) is 32.1 Å². The highest BCUT2D eigenvalue weighted by atomic mass is 32.2. The molecule has 4 rings (SSSR count). The van der Waals surface area contributed by atoms with Crippen molar-refractivity contribution in [2.75, 3.05) is 32.7 Å². The number of hydrogen-bond acceptors (Lipinski definition) is 5. The molecule has 0 radical (unpaired) electrons. The molecule has 0 spiro atoms. The van der Waals surface area contributed by atoms with Crippen molar-refractivity contribution in [1.29, 1.82) is 0 Å². The molecular formula is C20H26N4O2S. The first-order chi connectivity index (χ1) is 13.2. The number of aromatic nitrogens is 2. The van der Waals surface area contributed by atoms with E-state index in [4.69, 9.17) is 0 Å². The maximum Gasteiger partial charge on any atom is 0.259 e. The standard InChI is InChI=1S/C20H26N4O2S/c25-18-9-6-12-24(18)14-15(13-23-10-4-1-5-11-23)27-20-21-17-8-3-2-7-16(17)19(26)22-20/h2-3,7-8,15H,1,4-6,9-14H2,(H,21,22,26). The monoisotopic (exact) mass is 386 g/mol. The highest BCUT2D eigenvalue weighted by Gasteiger charge is 2.26. The van der Waals surface area contributed by atoms with E-state index in [1.807, 2.05) is 23.1 Å². The zero-order valence-corrected chi connectivity index (χ0v) is 16.3. The Balaban J connectivity index is 1.53. The molecular weight excluding hydrogens is 360 g/mol. The van der Waals surface area contributed by atoms with Crippen LogP contribution in [0.15, 0.2) is 34.2 Å². The van der Waals surface area contributed by atoms with Crippen LogP contribution in [-0.2, 0) is 4.79 Å². The molecule has 144 valence electrons. The van der Waals surface area contributed by atoms with Gasteiger partial charge in [0.05, 0.1) is 10.9 Å². The van der Waals surface area contributed by atoms with Gasteiger partial charge in [0, 0.05) is 31.3 Å². The molecule has 3 heterocycles. The van der Waals surface area contributed by atoms with Crippen molar-refractivity contribution in [2.45, 2.75) is 42.5 Å². The van der Waals surface area contributed by atoms with E-state index in [2.05, 4.69) is 14.9 Å². The second-order valence-corrected chi connectivity index (χ2v) is 8.72. The Labute approximate surface area is 163 Å². The molecule has 1 amide bonds. The predicted molar refractivity (Wildman–Crippen MR) is 108 cm³/mol. The molecule has 2 aromatic rings. The average Bonchev–Trinajstić information content (AvgIpc) is 3.07. The lowest BCUT2D eigenvalue weighted by molar-refractivity contribution is -0.127. The number of para-hydroxylation sites is 1. The smallest absolute Gasteiger partial charge is 0.259 e. The number of amides is 1. The van der Waals surface area contributed by atoms with Crippen LogP contribution in [0.4, 0.5) is 0 Å². The number of thioether (sulfide) groups is 1. The number of piperidine rings is 1. The van der Waals surface area contributed by atoms with E-state index >= 15 is 0 Å². The van der Waals surface area contributed by atoms with Crippen molar-refractivity contribution in [1.82, 2.24) is 19.8 Å². The highest BCUT2D eigenvalue weighted by Crippen LogP contribution is 2.25. The fraction of sp³-hybridized carbons (Fsp3) is 0.550. The lowest BCUT2D eigenvalue weighted by Crippen LogP contribution is -2.41. The van der Waals surface area contributed by atoms with Gasteiger partial charge in [0.15, 0.2) is 5.16 Å². The van der Waals surface area contributed by atoms with E-state index in [0.29, 0.717) is 17.0 Å². The molecule has 0 bridgehead atoms. The van der Waals surface area contributed by atoms with E-state index in [-0.39, 0.29) is 16.7 Å². The number of benzene rings is 1. The summed E-state index contributed by atoms with van der Waals surface area (Å²) in [6.07, 6.45) is 5.39. The van der Waals surface area contributed by atoms with Gasteiger partial charge in [0.1, 0.15) is 0 Å². The third kappa shape index (κ3) is 4.52. The summed E-state index contributed by atoms with van der Waals surface area (Å²) in [6.45, 7) is 4.72. The lowest BCUT2D eigenvalue weighted by atomic mass is 10.1. The minimum atomic E-state index is -0.0999. The maximum atomic E-state index is 12.4. The quantitative estimate of drug-likeness (QED) is 0.610. The number of rotatable bonds is 6. The Morgan fingerprint density at radius 2 is 1.85 bits per heavy atom. The van der Waals surface area contributed by atoms with Crippen molar-refractivity contribution in [3.05, 3.63) is 34.6 Å². The Morgan fingerprint density at radius 3 is 2.63 bits per heavy atom. The van der Waals surface area contributed by atoms with Crippen molar-refractivity contribution in [3.63, 3.8) is 0 Å². The molecule has 1 aromatic carbocycles. The first-order valence-corrected chi connectivity index (χ1v) is 10.7. The molecule has 2 fully saturated rings. The van der Waals surface area contributed by atoms with Gasteiger partial charge >= 0.3 is 0 Å². The van der Waals surface area contributed by atoms with Gasteiger partial charge in [-0.1, -0.05) is 30.3 Å². The highest BCUT2D eigenvalue weighted by molar-refractivity contribution is 7.99. The van der Waals surface area contributed by atoms with Crippen LogP contribution >= 0.6 is 11.8 Å². The molecule has 6 nitrogen and oxygen atoms in total. The van der Waals surface area contributed by atoms with Gasteiger partial charge in [0.2, 0.25) is 5.91 Å². The zero-order valence-electron chi connectivity index (χ0n) is 15.5. The van der Waals surface area contributed by atoms with Gasteiger partial charge in [-0.2, -0.15) is 0 Å². The number of carbonyl (C=O) groups excluding carboxylic acids is 1. The second kappa shape index (κ2) is 8.44. The summed E-state index contributed by atoms with van der Waals surface area (Å²) in [5, 5.41) is 1.46. The van der Waals surface area contributed by atoms with E-state index in [1.54, 1.807) is 17.8 Å². The van der Waals surface area contributed by atoms with Crippen molar-refractivity contribution >= 4 is 28.6 Å². The molecule has 0 saturated carbocycles. The van der Waals surface area contributed by atoms with Gasteiger partial charge in [-0.05, 0) is 44.5 Å². The van der Waals surface area contributed by atoms with Crippen molar-refractivity contribution in [3.8, 4) is 0 Å². The Kier molecular flexibility index (Phi) is 5.78. The van der Waals surface area contributed by atoms with E-state index < -0.39 is 0 Å². The summed E-state index contributed by atoms with van der Waals surface area (Å²) in [5.41, 5.74) is 0.620. The fourth-order valence-electron chi connectivity index (χ4n) is 3.98. The summed E-state index contributed by atoms with van der Waals surface area (Å²) in [6, 6.07) is 7.42. The van der Waals surface area contributed by atoms with Gasteiger partial charge in [-0.25, -0.2) is 4.98 Å². The molecule has 0 aliphatic carbocycles. The summed E-state index contributed by atoms with van der Waals surface area (Å²) >= 11 is 1.60. The summed E-state index contributed by atoms with van der Waals surface area (Å²) in [7, 11) is 0. The van der Waals surface area contributed by atoms with Crippen LogP contribution in [0.5, 0.6) is 0 Å². The van der Waals surface area contributed by atoms with Crippen LogP contribution in [0, 0.1) is 0 Å². The van der Waals surface area contributed by atoms with Crippen molar-refractivity contribution in [2.24, 2.45) is 0 Å². The van der Waals surface area contributed by atoms with Gasteiger partial charge in [-0.15, -0.1) is 0 Å². The summed E-state index contributed by atoms with van der Waals surface area (Å²) in [4.78, 5) is 36.5. The van der Waals surface area contributed by atoms with Gasteiger partial charge in [-0.3, -0.25) is 9.59 Å².